The summed E-state index contributed by atoms with van der Waals surface area (Å²) < 4.78 is 1.69. The van der Waals surface area contributed by atoms with Crippen molar-refractivity contribution >= 4 is 28.5 Å². The molecule has 0 saturated carbocycles. The molecule has 0 radical (unpaired) electrons. The van der Waals surface area contributed by atoms with E-state index in [0.29, 0.717) is 5.13 Å². The molecule has 0 aliphatic heterocycles. The number of amides is 1. The van der Waals surface area contributed by atoms with Gasteiger partial charge in [0.15, 0.2) is 5.13 Å². The van der Waals surface area contributed by atoms with Gasteiger partial charge >= 0.3 is 0 Å². The number of benzene rings is 1. The van der Waals surface area contributed by atoms with Gasteiger partial charge in [-0.25, -0.2) is 4.98 Å². The molecule has 0 fully saturated rings. The number of carbonyl (C=O) groups is 1. The first kappa shape index (κ1) is 16.1. The molecule has 1 aromatic carbocycles. The molecule has 5 nitrogen and oxygen atoms in total. The number of rotatable bonds is 4. The number of aromatic nitrogens is 3. The van der Waals surface area contributed by atoms with Gasteiger partial charge < -0.3 is 0 Å². The van der Waals surface area contributed by atoms with Crippen LogP contribution in [0.3, 0.4) is 0 Å². The Labute approximate surface area is 144 Å². The van der Waals surface area contributed by atoms with Gasteiger partial charge in [0, 0.05) is 35.8 Å². The molecule has 0 bridgehead atoms. The van der Waals surface area contributed by atoms with E-state index in [1.165, 1.54) is 28.5 Å². The van der Waals surface area contributed by atoms with Gasteiger partial charge in [0.05, 0.1) is 11.9 Å². The molecule has 1 amide bonds. The van der Waals surface area contributed by atoms with E-state index in [1.807, 2.05) is 24.7 Å². The van der Waals surface area contributed by atoms with Crippen LogP contribution < -0.4 is 5.32 Å². The number of hydrogen-bond donors (Lipinski definition) is 1. The highest BCUT2D eigenvalue weighted by Crippen LogP contribution is 2.26. The van der Waals surface area contributed by atoms with E-state index < -0.39 is 0 Å². The first-order valence-electron chi connectivity index (χ1n) is 7.52. The van der Waals surface area contributed by atoms with Gasteiger partial charge in [-0.2, -0.15) is 5.10 Å². The first-order chi connectivity index (χ1) is 11.5. The third-order valence-corrected chi connectivity index (χ3v) is 4.45. The number of nitrogens with one attached hydrogen (secondary N) is 1. The van der Waals surface area contributed by atoms with Crippen molar-refractivity contribution in [1.29, 1.82) is 0 Å². The zero-order chi connectivity index (χ0) is 17.1. The van der Waals surface area contributed by atoms with Crippen LogP contribution in [-0.4, -0.2) is 20.7 Å². The van der Waals surface area contributed by atoms with Gasteiger partial charge in [0.2, 0.25) is 5.91 Å². The van der Waals surface area contributed by atoms with E-state index in [2.05, 4.69) is 41.4 Å². The van der Waals surface area contributed by atoms with E-state index in [1.54, 1.807) is 17.0 Å². The van der Waals surface area contributed by atoms with Crippen molar-refractivity contribution < 1.29 is 4.79 Å². The Morgan fingerprint density at radius 3 is 2.83 bits per heavy atom. The Morgan fingerprint density at radius 2 is 2.12 bits per heavy atom. The second-order valence-corrected chi connectivity index (χ2v) is 6.46. The van der Waals surface area contributed by atoms with Crippen LogP contribution in [0.5, 0.6) is 0 Å². The largest absolute Gasteiger partial charge is 0.298 e. The molecule has 0 aliphatic rings. The summed E-state index contributed by atoms with van der Waals surface area (Å²) in [6.45, 7) is 4.16. The van der Waals surface area contributed by atoms with Crippen molar-refractivity contribution in [2.45, 2.75) is 13.8 Å². The van der Waals surface area contributed by atoms with Gasteiger partial charge in [-0.1, -0.05) is 12.1 Å². The lowest BCUT2D eigenvalue weighted by molar-refractivity contribution is -0.111. The lowest BCUT2D eigenvalue weighted by Crippen LogP contribution is -2.07. The molecule has 122 valence electrons. The number of thiazole rings is 1. The summed E-state index contributed by atoms with van der Waals surface area (Å²) in [4.78, 5) is 16.5. The van der Waals surface area contributed by atoms with Crippen molar-refractivity contribution in [3.63, 3.8) is 0 Å². The molecule has 2 heterocycles. The van der Waals surface area contributed by atoms with E-state index in [0.717, 1.165) is 16.8 Å². The average Bonchev–Trinajstić information content (AvgIpc) is 3.17. The number of hydrogen-bond acceptors (Lipinski definition) is 4. The fourth-order valence-electron chi connectivity index (χ4n) is 2.21. The zero-order valence-electron chi connectivity index (χ0n) is 13.8. The molecular weight excluding hydrogens is 320 g/mol. The third kappa shape index (κ3) is 3.78. The van der Waals surface area contributed by atoms with Crippen LogP contribution in [0.25, 0.3) is 17.3 Å². The Kier molecular flexibility index (Phi) is 4.57. The molecule has 2 aromatic heterocycles. The molecule has 24 heavy (non-hydrogen) atoms. The Hall–Kier alpha value is -2.73. The standard InChI is InChI=1S/C18H18N4OS/c1-12-4-6-15(8-13(12)2)16-11-24-18(20-16)21-17(23)7-5-14-9-19-22(3)10-14/h4-11H,1-3H3,(H,20,21,23)/b7-5+. The molecule has 0 unspecified atom stereocenters. The SMILES string of the molecule is Cc1ccc(-c2csc(NC(=O)/C=C/c3cnn(C)c3)n2)cc1C. The maximum atomic E-state index is 12.0. The average molecular weight is 338 g/mol. The summed E-state index contributed by atoms with van der Waals surface area (Å²) in [5.41, 5.74) is 5.28. The highest BCUT2D eigenvalue weighted by Gasteiger charge is 2.07. The predicted molar refractivity (Wildman–Crippen MR) is 97.9 cm³/mol. The van der Waals surface area contributed by atoms with Crippen LogP contribution in [0, 0.1) is 13.8 Å². The fraction of sp³-hybridized carbons (Fsp3) is 0.167. The minimum absolute atomic E-state index is 0.208. The molecule has 6 heteroatoms. The Morgan fingerprint density at radius 1 is 1.29 bits per heavy atom. The van der Waals surface area contributed by atoms with Crippen LogP contribution in [0.2, 0.25) is 0 Å². The Balaban J connectivity index is 1.68. The fourth-order valence-corrected chi connectivity index (χ4v) is 2.93. The normalized spacial score (nSPS) is 11.1. The topological polar surface area (TPSA) is 59.8 Å². The monoisotopic (exact) mass is 338 g/mol. The molecule has 3 rings (SSSR count). The number of nitrogens with zero attached hydrogens (tertiary/aromatic N) is 3. The summed E-state index contributed by atoms with van der Waals surface area (Å²) in [6, 6.07) is 6.24. The zero-order valence-corrected chi connectivity index (χ0v) is 14.6. The van der Waals surface area contributed by atoms with Crippen molar-refractivity contribution in [2.24, 2.45) is 7.05 Å². The highest BCUT2D eigenvalue weighted by atomic mass is 32.1. The lowest BCUT2D eigenvalue weighted by Gasteiger charge is -2.02. The molecule has 1 N–H and O–H groups in total. The van der Waals surface area contributed by atoms with Gasteiger partial charge in [0.1, 0.15) is 0 Å². The smallest absolute Gasteiger partial charge is 0.250 e. The number of anilines is 1. The predicted octanol–water partition coefficient (Wildman–Crippen LogP) is 3.81. The van der Waals surface area contributed by atoms with Crippen LogP contribution in [0.1, 0.15) is 16.7 Å². The van der Waals surface area contributed by atoms with E-state index in [4.69, 9.17) is 0 Å². The molecule has 0 spiro atoms. The molecule has 0 atom stereocenters. The number of aryl methyl sites for hydroxylation is 3. The summed E-state index contributed by atoms with van der Waals surface area (Å²) in [7, 11) is 1.83. The minimum Gasteiger partial charge on any atom is -0.298 e. The minimum atomic E-state index is -0.208. The molecule has 0 aliphatic carbocycles. The maximum Gasteiger partial charge on any atom is 0.250 e. The summed E-state index contributed by atoms with van der Waals surface area (Å²) in [5.74, 6) is -0.208. The van der Waals surface area contributed by atoms with Crippen LogP contribution in [-0.2, 0) is 11.8 Å². The van der Waals surface area contributed by atoms with Gasteiger partial charge in [-0.3, -0.25) is 14.8 Å². The summed E-state index contributed by atoms with van der Waals surface area (Å²) in [6.07, 6.45) is 6.74. The van der Waals surface area contributed by atoms with Crippen molar-refractivity contribution in [3.05, 3.63) is 58.7 Å². The molecule has 3 aromatic rings. The van der Waals surface area contributed by atoms with Gasteiger partial charge in [-0.05, 0) is 37.1 Å². The van der Waals surface area contributed by atoms with Crippen LogP contribution in [0.15, 0.2) is 42.0 Å². The first-order valence-corrected chi connectivity index (χ1v) is 8.40. The van der Waals surface area contributed by atoms with E-state index in [-0.39, 0.29) is 5.91 Å². The van der Waals surface area contributed by atoms with Gasteiger partial charge in [0.25, 0.3) is 0 Å². The van der Waals surface area contributed by atoms with Crippen LogP contribution in [0.4, 0.5) is 5.13 Å². The molecular formula is C18H18N4OS. The third-order valence-electron chi connectivity index (χ3n) is 3.69. The van der Waals surface area contributed by atoms with E-state index in [9.17, 15) is 4.79 Å². The Bertz CT molecular complexity index is 907. The summed E-state index contributed by atoms with van der Waals surface area (Å²) >= 11 is 1.42. The van der Waals surface area contributed by atoms with Crippen molar-refractivity contribution in [1.82, 2.24) is 14.8 Å². The summed E-state index contributed by atoms with van der Waals surface area (Å²) in [5, 5.41) is 9.38. The maximum absolute atomic E-state index is 12.0. The molecule has 0 saturated heterocycles. The number of carbonyl (C=O) groups excluding carboxylic acids is 1. The quantitative estimate of drug-likeness (QED) is 0.736. The van der Waals surface area contributed by atoms with Crippen molar-refractivity contribution in [2.75, 3.05) is 5.32 Å². The van der Waals surface area contributed by atoms with Gasteiger partial charge in [-0.15, -0.1) is 11.3 Å². The highest BCUT2D eigenvalue weighted by molar-refractivity contribution is 7.14. The lowest BCUT2D eigenvalue weighted by atomic mass is 10.1. The van der Waals surface area contributed by atoms with Crippen molar-refractivity contribution in [3.8, 4) is 11.3 Å². The second-order valence-electron chi connectivity index (χ2n) is 5.61. The van der Waals surface area contributed by atoms with Crippen LogP contribution >= 0.6 is 11.3 Å². The van der Waals surface area contributed by atoms with E-state index >= 15 is 0 Å². The second kappa shape index (κ2) is 6.80.